The summed E-state index contributed by atoms with van der Waals surface area (Å²) >= 11 is 0. The second-order valence-electron chi connectivity index (χ2n) is 7.06. The monoisotopic (exact) mass is 266 g/mol. The second-order valence-corrected chi connectivity index (χ2v) is 7.06. The first-order chi connectivity index (χ1) is 8.85. The van der Waals surface area contributed by atoms with Crippen LogP contribution < -0.4 is 5.32 Å². The lowest BCUT2D eigenvalue weighted by Gasteiger charge is -2.24. The predicted molar refractivity (Wildman–Crippen MR) is 69.4 cm³/mol. The molecule has 4 atom stereocenters. The molecule has 2 heterocycles. The minimum Gasteiger partial charge on any atom is -0.444 e. The standard InChI is InChI=1S/C14H22N2O3/c1-14(2,3)19-13(18)16-6-8-5-15-12(17)10-4-9(10)11(8)7-16/h8-11H,4-7H2,1-3H3,(H,15,17). The summed E-state index contributed by atoms with van der Waals surface area (Å²) in [6.45, 7) is 7.82. The molecule has 4 unspecified atom stereocenters. The van der Waals surface area contributed by atoms with Crippen molar-refractivity contribution in [2.75, 3.05) is 19.6 Å². The molecule has 3 fully saturated rings. The Morgan fingerprint density at radius 3 is 2.74 bits per heavy atom. The van der Waals surface area contributed by atoms with Crippen molar-refractivity contribution in [3.05, 3.63) is 0 Å². The zero-order valence-electron chi connectivity index (χ0n) is 11.8. The average Bonchev–Trinajstić information content (AvgIpc) is 2.98. The topological polar surface area (TPSA) is 58.6 Å². The molecule has 2 saturated heterocycles. The van der Waals surface area contributed by atoms with E-state index in [1.807, 2.05) is 25.7 Å². The van der Waals surface area contributed by atoms with Gasteiger partial charge in [0.15, 0.2) is 0 Å². The van der Waals surface area contributed by atoms with Gasteiger partial charge < -0.3 is 15.0 Å². The van der Waals surface area contributed by atoms with E-state index in [-0.39, 0.29) is 17.9 Å². The van der Waals surface area contributed by atoms with Crippen LogP contribution in [0.1, 0.15) is 27.2 Å². The predicted octanol–water partition coefficient (Wildman–Crippen LogP) is 1.24. The van der Waals surface area contributed by atoms with E-state index in [1.54, 1.807) is 0 Å². The Hall–Kier alpha value is -1.26. The molecule has 106 valence electrons. The van der Waals surface area contributed by atoms with Gasteiger partial charge in [0.25, 0.3) is 0 Å². The van der Waals surface area contributed by atoms with Crippen LogP contribution in [0.4, 0.5) is 4.79 Å². The van der Waals surface area contributed by atoms with Gasteiger partial charge in [0, 0.05) is 25.6 Å². The maximum absolute atomic E-state index is 12.1. The second kappa shape index (κ2) is 4.12. The van der Waals surface area contributed by atoms with Gasteiger partial charge in [0.2, 0.25) is 5.91 Å². The van der Waals surface area contributed by atoms with Crippen molar-refractivity contribution >= 4 is 12.0 Å². The third kappa shape index (κ3) is 2.42. The van der Waals surface area contributed by atoms with Crippen LogP contribution in [0, 0.1) is 23.7 Å². The minimum atomic E-state index is -0.446. The fourth-order valence-electron chi connectivity index (χ4n) is 3.43. The van der Waals surface area contributed by atoms with Gasteiger partial charge in [-0.3, -0.25) is 4.79 Å². The number of fused-ring (bicyclic) bond motifs is 3. The van der Waals surface area contributed by atoms with E-state index in [1.165, 1.54) is 0 Å². The average molecular weight is 266 g/mol. The zero-order chi connectivity index (χ0) is 13.8. The molecule has 0 radical (unpaired) electrons. The van der Waals surface area contributed by atoms with Crippen LogP contribution in [-0.4, -0.2) is 42.1 Å². The van der Waals surface area contributed by atoms with E-state index in [2.05, 4.69) is 5.32 Å². The van der Waals surface area contributed by atoms with Gasteiger partial charge in [-0.25, -0.2) is 4.79 Å². The van der Waals surface area contributed by atoms with E-state index in [0.29, 0.717) is 30.8 Å². The quantitative estimate of drug-likeness (QED) is 0.717. The molecule has 3 aliphatic rings. The molecule has 2 aliphatic heterocycles. The fraction of sp³-hybridized carbons (Fsp3) is 0.857. The number of carbonyl (C=O) groups is 2. The fourth-order valence-corrected chi connectivity index (χ4v) is 3.43. The van der Waals surface area contributed by atoms with Crippen molar-refractivity contribution < 1.29 is 14.3 Å². The molecular formula is C14H22N2O3. The summed E-state index contributed by atoms with van der Waals surface area (Å²) in [5, 5.41) is 3.00. The molecule has 0 aromatic carbocycles. The molecule has 3 rings (SSSR count). The van der Waals surface area contributed by atoms with E-state index >= 15 is 0 Å². The third-order valence-corrected chi connectivity index (χ3v) is 4.41. The summed E-state index contributed by atoms with van der Waals surface area (Å²) in [6.07, 6.45) is 0.777. The van der Waals surface area contributed by atoms with Crippen LogP contribution in [0.3, 0.4) is 0 Å². The maximum Gasteiger partial charge on any atom is 0.410 e. The van der Waals surface area contributed by atoms with Crippen molar-refractivity contribution in [1.29, 1.82) is 0 Å². The Bertz CT molecular complexity index is 415. The van der Waals surface area contributed by atoms with Gasteiger partial charge in [-0.2, -0.15) is 0 Å². The number of rotatable bonds is 0. The Balaban J connectivity index is 1.64. The van der Waals surface area contributed by atoms with Gasteiger partial charge in [0.1, 0.15) is 5.60 Å². The van der Waals surface area contributed by atoms with E-state index in [9.17, 15) is 9.59 Å². The van der Waals surface area contributed by atoms with Gasteiger partial charge in [-0.1, -0.05) is 0 Å². The molecule has 1 aliphatic carbocycles. The number of likely N-dealkylation sites (tertiary alicyclic amines) is 1. The molecule has 0 spiro atoms. The van der Waals surface area contributed by atoms with Crippen LogP contribution >= 0.6 is 0 Å². The first-order valence-corrected chi connectivity index (χ1v) is 7.11. The summed E-state index contributed by atoms with van der Waals surface area (Å²) in [7, 11) is 0. The molecule has 1 saturated carbocycles. The molecule has 0 aromatic heterocycles. The summed E-state index contributed by atoms with van der Waals surface area (Å²) in [5.74, 6) is 1.77. The molecular weight excluding hydrogens is 244 g/mol. The summed E-state index contributed by atoms with van der Waals surface area (Å²) < 4.78 is 5.43. The van der Waals surface area contributed by atoms with Crippen LogP contribution in [0.2, 0.25) is 0 Å². The molecule has 5 nitrogen and oxygen atoms in total. The molecule has 0 bridgehead atoms. The first kappa shape index (κ1) is 12.8. The number of nitrogens with one attached hydrogen (secondary N) is 1. The number of amides is 2. The van der Waals surface area contributed by atoms with Gasteiger partial charge in [-0.15, -0.1) is 0 Å². The summed E-state index contributed by atoms with van der Waals surface area (Å²) in [5.41, 5.74) is -0.446. The van der Waals surface area contributed by atoms with Gasteiger partial charge >= 0.3 is 6.09 Å². The highest BCUT2D eigenvalue weighted by molar-refractivity contribution is 5.82. The van der Waals surface area contributed by atoms with Crippen molar-refractivity contribution in [2.45, 2.75) is 32.8 Å². The van der Waals surface area contributed by atoms with Crippen LogP contribution in [0.25, 0.3) is 0 Å². The van der Waals surface area contributed by atoms with Gasteiger partial charge in [0.05, 0.1) is 0 Å². The Labute approximate surface area is 113 Å². The van der Waals surface area contributed by atoms with Gasteiger partial charge in [-0.05, 0) is 44.9 Å². The lowest BCUT2D eigenvalue weighted by atomic mass is 9.91. The normalized spacial score (nSPS) is 37.0. The van der Waals surface area contributed by atoms with E-state index in [4.69, 9.17) is 4.74 Å². The zero-order valence-corrected chi connectivity index (χ0v) is 11.8. The number of carbonyl (C=O) groups excluding carboxylic acids is 2. The Morgan fingerprint density at radius 1 is 1.32 bits per heavy atom. The molecule has 0 aromatic rings. The van der Waals surface area contributed by atoms with Crippen LogP contribution in [0.5, 0.6) is 0 Å². The lowest BCUT2D eigenvalue weighted by Crippen LogP contribution is -2.37. The highest BCUT2D eigenvalue weighted by Crippen LogP contribution is 2.50. The SMILES string of the molecule is CC(C)(C)OC(=O)N1CC2CNC(=O)C3CC3C2C1. The summed E-state index contributed by atoms with van der Waals surface area (Å²) in [4.78, 5) is 25.6. The van der Waals surface area contributed by atoms with Crippen molar-refractivity contribution in [3.8, 4) is 0 Å². The van der Waals surface area contributed by atoms with Crippen molar-refractivity contribution in [1.82, 2.24) is 10.2 Å². The van der Waals surface area contributed by atoms with E-state index < -0.39 is 5.60 Å². The van der Waals surface area contributed by atoms with Crippen LogP contribution in [0.15, 0.2) is 0 Å². The Kier molecular flexibility index (Phi) is 2.76. The maximum atomic E-state index is 12.1. The molecule has 5 heteroatoms. The molecule has 1 N–H and O–H groups in total. The number of ether oxygens (including phenoxy) is 1. The van der Waals surface area contributed by atoms with E-state index in [0.717, 1.165) is 13.0 Å². The molecule has 19 heavy (non-hydrogen) atoms. The number of hydrogen-bond donors (Lipinski definition) is 1. The number of hydrogen-bond acceptors (Lipinski definition) is 3. The smallest absolute Gasteiger partial charge is 0.410 e. The highest BCUT2D eigenvalue weighted by Gasteiger charge is 2.55. The van der Waals surface area contributed by atoms with Crippen molar-refractivity contribution in [3.63, 3.8) is 0 Å². The first-order valence-electron chi connectivity index (χ1n) is 7.11. The molecule has 2 amide bonds. The van der Waals surface area contributed by atoms with Crippen molar-refractivity contribution in [2.24, 2.45) is 23.7 Å². The third-order valence-electron chi connectivity index (χ3n) is 4.41. The highest BCUT2D eigenvalue weighted by atomic mass is 16.6. The largest absolute Gasteiger partial charge is 0.444 e. The Morgan fingerprint density at radius 2 is 2.05 bits per heavy atom. The van der Waals surface area contributed by atoms with Crippen LogP contribution in [-0.2, 0) is 9.53 Å². The number of nitrogens with zero attached hydrogens (tertiary/aromatic N) is 1. The lowest BCUT2D eigenvalue weighted by molar-refractivity contribution is -0.122. The summed E-state index contributed by atoms with van der Waals surface area (Å²) in [6, 6.07) is 0. The minimum absolute atomic E-state index is 0.202.